The Bertz CT molecular complexity index is 317. The number of hydrogen-bond acceptors (Lipinski definition) is 2. The first-order valence-corrected chi connectivity index (χ1v) is 5.72. The Morgan fingerprint density at radius 2 is 2.20 bits per heavy atom. The lowest BCUT2D eigenvalue weighted by Gasteiger charge is -2.22. The average Bonchev–Trinajstić information content (AvgIpc) is 2.27. The first-order valence-electron chi connectivity index (χ1n) is 5.18. The number of pyridine rings is 1. The van der Waals surface area contributed by atoms with Crippen molar-refractivity contribution in [2.24, 2.45) is 0 Å². The van der Waals surface area contributed by atoms with E-state index in [9.17, 15) is 4.39 Å². The molecule has 0 N–H and O–H groups in total. The van der Waals surface area contributed by atoms with Gasteiger partial charge in [0.1, 0.15) is 0 Å². The Morgan fingerprint density at radius 3 is 2.73 bits per heavy atom. The van der Waals surface area contributed by atoms with Crippen molar-refractivity contribution < 1.29 is 4.39 Å². The Kier molecular flexibility index (Phi) is 4.82. The Hall–Kier alpha value is -0.830. The van der Waals surface area contributed by atoms with Crippen molar-refractivity contribution in [2.75, 3.05) is 18.0 Å². The molecular formula is C11H16ClFN2. The Balaban J connectivity index is 3.01. The second-order valence-corrected chi connectivity index (χ2v) is 3.59. The minimum atomic E-state index is -0.289. The third kappa shape index (κ3) is 2.81. The molecular weight excluding hydrogens is 215 g/mol. The number of hydrogen-bond donors (Lipinski definition) is 0. The van der Waals surface area contributed by atoms with Crippen molar-refractivity contribution >= 4 is 17.4 Å². The zero-order valence-electron chi connectivity index (χ0n) is 9.13. The molecule has 1 heterocycles. The van der Waals surface area contributed by atoms with Crippen LogP contribution in [-0.2, 0) is 5.88 Å². The minimum Gasteiger partial charge on any atom is -0.354 e. The maximum absolute atomic E-state index is 13.8. The third-order valence-corrected chi connectivity index (χ3v) is 2.56. The first-order chi connectivity index (χ1) is 7.24. The fourth-order valence-electron chi connectivity index (χ4n) is 1.48. The molecule has 0 fully saturated rings. The number of rotatable bonds is 5. The van der Waals surface area contributed by atoms with Gasteiger partial charge in [-0.15, -0.1) is 11.6 Å². The van der Waals surface area contributed by atoms with Crippen molar-refractivity contribution in [2.45, 2.75) is 26.1 Å². The van der Waals surface area contributed by atoms with Crippen molar-refractivity contribution in [1.29, 1.82) is 0 Å². The van der Waals surface area contributed by atoms with E-state index in [-0.39, 0.29) is 11.7 Å². The quantitative estimate of drug-likeness (QED) is 0.723. The molecule has 1 rings (SSSR count). The molecule has 1 aromatic heterocycles. The van der Waals surface area contributed by atoms with E-state index in [0.717, 1.165) is 19.5 Å². The van der Waals surface area contributed by atoms with Crippen molar-refractivity contribution in [3.8, 4) is 0 Å². The first kappa shape index (κ1) is 12.2. The van der Waals surface area contributed by atoms with Gasteiger partial charge in [0.15, 0.2) is 11.6 Å². The molecule has 4 heteroatoms. The Morgan fingerprint density at radius 1 is 1.47 bits per heavy atom. The number of anilines is 1. The molecule has 0 spiro atoms. The summed E-state index contributed by atoms with van der Waals surface area (Å²) in [5.41, 5.74) is 0.510. The molecule has 1 aromatic rings. The van der Waals surface area contributed by atoms with E-state index in [1.54, 1.807) is 12.3 Å². The number of alkyl halides is 1. The highest BCUT2D eigenvalue weighted by molar-refractivity contribution is 6.17. The molecule has 0 bridgehead atoms. The van der Waals surface area contributed by atoms with Gasteiger partial charge in [-0.3, -0.25) is 0 Å². The average molecular weight is 231 g/mol. The van der Waals surface area contributed by atoms with Crippen molar-refractivity contribution in [3.05, 3.63) is 23.6 Å². The second-order valence-electron chi connectivity index (χ2n) is 3.32. The molecule has 0 aromatic carbocycles. The van der Waals surface area contributed by atoms with Crippen LogP contribution in [0.25, 0.3) is 0 Å². The number of nitrogens with zero attached hydrogens (tertiary/aromatic N) is 2. The van der Waals surface area contributed by atoms with E-state index in [1.807, 2.05) is 11.8 Å². The molecule has 2 nitrogen and oxygen atoms in total. The van der Waals surface area contributed by atoms with Crippen LogP contribution in [0.2, 0.25) is 0 Å². The fourth-order valence-corrected chi connectivity index (χ4v) is 1.69. The van der Waals surface area contributed by atoms with E-state index < -0.39 is 0 Å². The summed E-state index contributed by atoms with van der Waals surface area (Å²) in [5, 5.41) is 0. The van der Waals surface area contributed by atoms with E-state index in [1.165, 1.54) is 0 Å². The van der Waals surface area contributed by atoms with E-state index in [0.29, 0.717) is 11.4 Å². The Labute approximate surface area is 95.1 Å². The van der Waals surface area contributed by atoms with Gasteiger partial charge in [0.2, 0.25) is 0 Å². The van der Waals surface area contributed by atoms with E-state index in [2.05, 4.69) is 11.9 Å². The lowest BCUT2D eigenvalue weighted by molar-refractivity contribution is 0.598. The molecule has 0 unspecified atom stereocenters. The van der Waals surface area contributed by atoms with Gasteiger partial charge in [-0.25, -0.2) is 9.37 Å². The van der Waals surface area contributed by atoms with Crippen LogP contribution in [0, 0.1) is 5.82 Å². The van der Waals surface area contributed by atoms with Crippen LogP contribution in [0.3, 0.4) is 0 Å². The summed E-state index contributed by atoms with van der Waals surface area (Å²) in [5.74, 6) is 0.311. The molecule has 0 amide bonds. The lowest BCUT2D eigenvalue weighted by Crippen LogP contribution is -2.25. The van der Waals surface area contributed by atoms with Crippen LogP contribution in [0.1, 0.15) is 25.8 Å². The van der Waals surface area contributed by atoms with E-state index in [4.69, 9.17) is 11.6 Å². The van der Waals surface area contributed by atoms with Gasteiger partial charge in [0, 0.05) is 24.8 Å². The third-order valence-electron chi connectivity index (χ3n) is 2.27. The molecule has 0 saturated heterocycles. The van der Waals surface area contributed by atoms with Crippen LogP contribution in [-0.4, -0.2) is 18.1 Å². The van der Waals surface area contributed by atoms with Crippen LogP contribution in [0.4, 0.5) is 10.2 Å². The second kappa shape index (κ2) is 5.91. The molecule has 0 aliphatic carbocycles. The minimum absolute atomic E-state index is 0.186. The SMILES string of the molecule is CCCN(CC)c1nccc(CCl)c1F. The molecule has 0 atom stereocenters. The summed E-state index contributed by atoms with van der Waals surface area (Å²) < 4.78 is 13.8. The summed E-state index contributed by atoms with van der Waals surface area (Å²) in [6.07, 6.45) is 2.58. The largest absolute Gasteiger partial charge is 0.354 e. The molecule has 0 radical (unpaired) electrons. The maximum atomic E-state index is 13.8. The summed E-state index contributed by atoms with van der Waals surface area (Å²) in [6.45, 7) is 5.62. The van der Waals surface area contributed by atoms with Crippen LogP contribution >= 0.6 is 11.6 Å². The van der Waals surface area contributed by atoms with Gasteiger partial charge in [-0.1, -0.05) is 6.92 Å². The summed E-state index contributed by atoms with van der Waals surface area (Å²) in [4.78, 5) is 5.99. The van der Waals surface area contributed by atoms with Gasteiger partial charge >= 0.3 is 0 Å². The van der Waals surface area contributed by atoms with E-state index >= 15 is 0 Å². The standard InChI is InChI=1S/C11H16ClFN2/c1-3-7-15(4-2)11-10(13)9(8-12)5-6-14-11/h5-6H,3-4,7-8H2,1-2H3. The van der Waals surface area contributed by atoms with Crippen LogP contribution < -0.4 is 4.90 Å². The van der Waals surface area contributed by atoms with Crippen LogP contribution in [0.15, 0.2) is 12.3 Å². The molecule has 0 saturated carbocycles. The monoisotopic (exact) mass is 230 g/mol. The van der Waals surface area contributed by atoms with Gasteiger partial charge in [0.25, 0.3) is 0 Å². The zero-order chi connectivity index (χ0) is 11.3. The molecule has 15 heavy (non-hydrogen) atoms. The number of halogens is 2. The predicted octanol–water partition coefficient (Wildman–Crippen LogP) is 3.20. The summed E-state index contributed by atoms with van der Waals surface area (Å²) in [6, 6.07) is 1.62. The summed E-state index contributed by atoms with van der Waals surface area (Å²) >= 11 is 5.64. The van der Waals surface area contributed by atoms with Gasteiger partial charge in [-0.05, 0) is 19.4 Å². The smallest absolute Gasteiger partial charge is 0.170 e. The lowest BCUT2D eigenvalue weighted by atomic mass is 10.2. The summed E-state index contributed by atoms with van der Waals surface area (Å²) in [7, 11) is 0. The van der Waals surface area contributed by atoms with Crippen molar-refractivity contribution in [3.63, 3.8) is 0 Å². The number of aromatic nitrogens is 1. The molecule has 0 aliphatic rings. The van der Waals surface area contributed by atoms with Gasteiger partial charge < -0.3 is 4.90 Å². The maximum Gasteiger partial charge on any atom is 0.170 e. The fraction of sp³-hybridized carbons (Fsp3) is 0.545. The molecule has 0 aliphatic heterocycles. The topological polar surface area (TPSA) is 16.1 Å². The zero-order valence-corrected chi connectivity index (χ0v) is 9.89. The van der Waals surface area contributed by atoms with Gasteiger partial charge in [0.05, 0.1) is 5.88 Å². The van der Waals surface area contributed by atoms with Gasteiger partial charge in [-0.2, -0.15) is 0 Å². The molecule has 84 valence electrons. The predicted molar refractivity (Wildman–Crippen MR) is 61.9 cm³/mol. The highest BCUT2D eigenvalue weighted by Crippen LogP contribution is 2.20. The highest BCUT2D eigenvalue weighted by Gasteiger charge is 2.13. The van der Waals surface area contributed by atoms with Crippen LogP contribution in [0.5, 0.6) is 0 Å². The van der Waals surface area contributed by atoms with Crippen molar-refractivity contribution in [1.82, 2.24) is 4.98 Å². The normalized spacial score (nSPS) is 10.4. The highest BCUT2D eigenvalue weighted by atomic mass is 35.5.